The van der Waals surface area contributed by atoms with Crippen molar-refractivity contribution in [3.05, 3.63) is 35.1 Å². The molecule has 15 heavy (non-hydrogen) atoms. The minimum atomic E-state index is -0.423. The lowest BCUT2D eigenvalue weighted by molar-refractivity contribution is 0.0947. The summed E-state index contributed by atoms with van der Waals surface area (Å²) in [5.74, 6) is 1.59. The van der Waals surface area contributed by atoms with Gasteiger partial charge in [-0.1, -0.05) is 5.92 Å². The Kier molecular flexibility index (Phi) is 3.46. The van der Waals surface area contributed by atoms with Crippen LogP contribution < -0.4 is 5.32 Å². The van der Waals surface area contributed by atoms with Crippen LogP contribution in [0.3, 0.4) is 0 Å². The Bertz CT molecular complexity index is 400. The summed E-state index contributed by atoms with van der Waals surface area (Å²) < 4.78 is 13.0. The molecule has 0 aliphatic heterocycles. The van der Waals surface area contributed by atoms with Gasteiger partial charge in [0.2, 0.25) is 0 Å². The SMILES string of the molecule is C#CC(C)NC(=O)c1cc(C)cc(F)c1. The Morgan fingerprint density at radius 1 is 1.53 bits per heavy atom. The first-order valence-corrected chi connectivity index (χ1v) is 4.57. The summed E-state index contributed by atoms with van der Waals surface area (Å²) in [6.07, 6.45) is 5.12. The quantitative estimate of drug-likeness (QED) is 0.734. The number of carbonyl (C=O) groups excluding carboxylic acids is 1. The molecule has 1 rings (SSSR count). The molecule has 3 heteroatoms. The summed E-state index contributed by atoms with van der Waals surface area (Å²) in [6, 6.07) is 3.80. The lowest BCUT2D eigenvalue weighted by Gasteiger charge is -2.08. The average molecular weight is 205 g/mol. The maximum absolute atomic E-state index is 13.0. The van der Waals surface area contributed by atoms with E-state index in [0.717, 1.165) is 0 Å². The normalized spacial score (nSPS) is 11.6. The van der Waals surface area contributed by atoms with Crippen molar-refractivity contribution in [3.8, 4) is 12.3 Å². The first kappa shape index (κ1) is 11.3. The van der Waals surface area contributed by atoms with Gasteiger partial charge < -0.3 is 5.32 Å². The molecule has 0 radical (unpaired) electrons. The number of terminal acetylenes is 1. The van der Waals surface area contributed by atoms with Gasteiger partial charge in [-0.2, -0.15) is 0 Å². The molecule has 0 aliphatic carbocycles. The Morgan fingerprint density at radius 3 is 2.73 bits per heavy atom. The van der Waals surface area contributed by atoms with Crippen LogP contribution in [0.2, 0.25) is 0 Å². The van der Waals surface area contributed by atoms with Crippen LogP contribution in [0.4, 0.5) is 4.39 Å². The van der Waals surface area contributed by atoms with Crippen LogP contribution in [-0.2, 0) is 0 Å². The first-order valence-electron chi connectivity index (χ1n) is 4.57. The number of hydrogen-bond donors (Lipinski definition) is 1. The van der Waals surface area contributed by atoms with Gasteiger partial charge in [0, 0.05) is 5.56 Å². The maximum Gasteiger partial charge on any atom is 0.252 e. The molecule has 0 aromatic heterocycles. The zero-order chi connectivity index (χ0) is 11.4. The van der Waals surface area contributed by atoms with E-state index in [2.05, 4.69) is 11.2 Å². The molecular formula is C12H12FNO. The van der Waals surface area contributed by atoms with Gasteiger partial charge in [0.05, 0.1) is 6.04 Å². The molecule has 0 saturated carbocycles. The monoisotopic (exact) mass is 205 g/mol. The van der Waals surface area contributed by atoms with Crippen molar-refractivity contribution in [1.29, 1.82) is 0 Å². The second-order valence-electron chi connectivity index (χ2n) is 3.38. The van der Waals surface area contributed by atoms with Crippen LogP contribution >= 0.6 is 0 Å². The second-order valence-corrected chi connectivity index (χ2v) is 3.38. The maximum atomic E-state index is 13.0. The fourth-order valence-electron chi connectivity index (χ4n) is 1.19. The Hall–Kier alpha value is -1.82. The third-order valence-corrected chi connectivity index (χ3v) is 1.90. The standard InChI is InChI=1S/C12H12FNO/c1-4-9(3)14-12(15)10-5-8(2)6-11(13)7-10/h1,5-7,9H,2-3H3,(H,14,15). The van der Waals surface area contributed by atoms with Gasteiger partial charge in [0.25, 0.3) is 5.91 Å². The summed E-state index contributed by atoms with van der Waals surface area (Å²) in [7, 11) is 0. The van der Waals surface area contributed by atoms with E-state index in [9.17, 15) is 9.18 Å². The van der Waals surface area contributed by atoms with Crippen molar-refractivity contribution in [2.45, 2.75) is 19.9 Å². The van der Waals surface area contributed by atoms with E-state index >= 15 is 0 Å². The molecule has 1 amide bonds. The molecule has 1 aromatic carbocycles. The lowest BCUT2D eigenvalue weighted by atomic mass is 10.1. The van der Waals surface area contributed by atoms with E-state index in [-0.39, 0.29) is 17.5 Å². The molecule has 0 bridgehead atoms. The Morgan fingerprint density at radius 2 is 2.20 bits per heavy atom. The average Bonchev–Trinajstić information content (AvgIpc) is 2.16. The van der Waals surface area contributed by atoms with Gasteiger partial charge in [-0.05, 0) is 37.6 Å². The van der Waals surface area contributed by atoms with E-state index in [4.69, 9.17) is 6.42 Å². The highest BCUT2D eigenvalue weighted by molar-refractivity contribution is 5.94. The molecule has 0 heterocycles. The fourth-order valence-corrected chi connectivity index (χ4v) is 1.19. The largest absolute Gasteiger partial charge is 0.339 e. The lowest BCUT2D eigenvalue weighted by Crippen LogP contribution is -2.31. The molecule has 1 atom stereocenters. The van der Waals surface area contributed by atoms with Gasteiger partial charge in [-0.15, -0.1) is 6.42 Å². The van der Waals surface area contributed by atoms with Gasteiger partial charge >= 0.3 is 0 Å². The first-order chi connectivity index (χ1) is 7.02. The smallest absolute Gasteiger partial charge is 0.252 e. The van der Waals surface area contributed by atoms with Crippen LogP contribution in [0.1, 0.15) is 22.8 Å². The number of hydrogen-bond acceptors (Lipinski definition) is 1. The summed E-state index contributed by atoms with van der Waals surface area (Å²) >= 11 is 0. The highest BCUT2D eigenvalue weighted by atomic mass is 19.1. The second kappa shape index (κ2) is 4.61. The van der Waals surface area contributed by atoms with E-state index in [1.165, 1.54) is 12.1 Å². The predicted molar refractivity (Wildman–Crippen MR) is 56.9 cm³/mol. The molecule has 2 nitrogen and oxygen atoms in total. The third kappa shape index (κ3) is 3.10. The summed E-state index contributed by atoms with van der Waals surface area (Å²) in [4.78, 5) is 11.5. The van der Waals surface area contributed by atoms with Crippen LogP contribution in [0.5, 0.6) is 0 Å². The van der Waals surface area contributed by atoms with E-state index in [0.29, 0.717) is 5.56 Å². The number of amides is 1. The summed E-state index contributed by atoms with van der Waals surface area (Å²) in [6.45, 7) is 3.41. The zero-order valence-electron chi connectivity index (χ0n) is 8.67. The van der Waals surface area contributed by atoms with Gasteiger partial charge in [0.1, 0.15) is 5.82 Å². The number of aryl methyl sites for hydroxylation is 1. The van der Waals surface area contributed by atoms with Gasteiger partial charge in [-0.3, -0.25) is 4.79 Å². The minimum absolute atomic E-state index is 0.287. The van der Waals surface area contributed by atoms with E-state index < -0.39 is 5.82 Å². The van der Waals surface area contributed by atoms with Crippen molar-refractivity contribution < 1.29 is 9.18 Å². The highest BCUT2D eigenvalue weighted by Crippen LogP contribution is 2.08. The molecule has 1 aromatic rings. The molecule has 0 spiro atoms. The summed E-state index contributed by atoms with van der Waals surface area (Å²) in [5, 5.41) is 2.56. The minimum Gasteiger partial charge on any atom is -0.339 e. The van der Waals surface area contributed by atoms with Crippen LogP contribution in [0.15, 0.2) is 18.2 Å². The predicted octanol–water partition coefficient (Wildman–Crippen LogP) is 1.89. The van der Waals surface area contributed by atoms with Crippen molar-refractivity contribution >= 4 is 5.91 Å². The highest BCUT2D eigenvalue weighted by Gasteiger charge is 2.09. The number of rotatable bonds is 2. The van der Waals surface area contributed by atoms with Crippen LogP contribution in [0.25, 0.3) is 0 Å². The van der Waals surface area contributed by atoms with Crippen molar-refractivity contribution in [2.75, 3.05) is 0 Å². The summed E-state index contributed by atoms with van der Waals surface area (Å²) in [5.41, 5.74) is 0.989. The molecule has 78 valence electrons. The Labute approximate surface area is 88.5 Å². The van der Waals surface area contributed by atoms with E-state index in [1.54, 1.807) is 19.9 Å². The number of carbonyl (C=O) groups is 1. The molecular weight excluding hydrogens is 193 g/mol. The van der Waals surface area contributed by atoms with E-state index in [1.807, 2.05) is 0 Å². The number of halogens is 1. The van der Waals surface area contributed by atoms with Crippen molar-refractivity contribution in [1.82, 2.24) is 5.32 Å². The van der Waals surface area contributed by atoms with Crippen LogP contribution in [-0.4, -0.2) is 11.9 Å². The molecule has 1 unspecified atom stereocenters. The van der Waals surface area contributed by atoms with Gasteiger partial charge in [0.15, 0.2) is 0 Å². The fraction of sp³-hybridized carbons (Fsp3) is 0.250. The molecule has 0 aliphatic rings. The zero-order valence-corrected chi connectivity index (χ0v) is 8.67. The number of nitrogens with one attached hydrogen (secondary N) is 1. The Balaban J connectivity index is 2.88. The topological polar surface area (TPSA) is 29.1 Å². The van der Waals surface area contributed by atoms with Gasteiger partial charge in [-0.25, -0.2) is 4.39 Å². The van der Waals surface area contributed by atoms with Crippen molar-refractivity contribution in [2.24, 2.45) is 0 Å². The van der Waals surface area contributed by atoms with Crippen LogP contribution in [0, 0.1) is 25.1 Å². The molecule has 0 saturated heterocycles. The molecule has 0 fully saturated rings. The number of benzene rings is 1. The third-order valence-electron chi connectivity index (χ3n) is 1.90. The van der Waals surface area contributed by atoms with Crippen molar-refractivity contribution in [3.63, 3.8) is 0 Å². The molecule has 1 N–H and O–H groups in total.